The van der Waals surface area contributed by atoms with E-state index in [1.807, 2.05) is 18.2 Å². The molecule has 90 valence electrons. The second-order valence-corrected chi connectivity index (χ2v) is 4.34. The van der Waals surface area contributed by atoms with E-state index in [0.717, 1.165) is 12.1 Å². The van der Waals surface area contributed by atoms with Gasteiger partial charge in [0.05, 0.1) is 12.5 Å². The maximum absolute atomic E-state index is 8.63. The van der Waals surface area contributed by atoms with E-state index in [2.05, 4.69) is 54.4 Å². The zero-order chi connectivity index (χ0) is 12.8. The predicted octanol–water partition coefficient (Wildman–Crippen LogP) is 3.39. The molecule has 0 heterocycles. The summed E-state index contributed by atoms with van der Waals surface area (Å²) in [6, 6.07) is 20.7. The number of hydrogen-bond donors (Lipinski definition) is 0. The molecular weight excluding hydrogens is 220 g/mol. The molecule has 0 aliphatic carbocycles. The van der Waals surface area contributed by atoms with Crippen molar-refractivity contribution in [3.8, 4) is 6.07 Å². The molecule has 0 aliphatic heterocycles. The molecule has 0 fully saturated rings. The minimum atomic E-state index is 0.475. The molecular formula is C16H16N2. The highest BCUT2D eigenvalue weighted by Gasteiger charge is 2.01. The lowest BCUT2D eigenvalue weighted by molar-refractivity contribution is 0.922. The molecule has 2 nitrogen and oxygen atoms in total. The highest BCUT2D eigenvalue weighted by molar-refractivity contribution is 5.47. The van der Waals surface area contributed by atoms with Gasteiger partial charge in [-0.25, -0.2) is 0 Å². The van der Waals surface area contributed by atoms with Crippen molar-refractivity contribution >= 4 is 5.69 Å². The summed E-state index contributed by atoms with van der Waals surface area (Å²) in [4.78, 5) is 2.20. The maximum Gasteiger partial charge on any atom is 0.0669 e. The van der Waals surface area contributed by atoms with Crippen LogP contribution in [0, 0.1) is 11.3 Å². The summed E-state index contributed by atoms with van der Waals surface area (Å²) in [5.74, 6) is 0. The lowest BCUT2D eigenvalue weighted by Gasteiger charge is -2.19. The SMILES string of the molecule is CN(Cc1ccccc1)c1ccc(CC#N)cc1. The first-order valence-electron chi connectivity index (χ1n) is 6.00. The van der Waals surface area contributed by atoms with E-state index in [9.17, 15) is 0 Å². The average molecular weight is 236 g/mol. The van der Waals surface area contributed by atoms with Crippen LogP contribution in [0.5, 0.6) is 0 Å². The van der Waals surface area contributed by atoms with Crippen LogP contribution in [0.4, 0.5) is 5.69 Å². The van der Waals surface area contributed by atoms with Crippen LogP contribution >= 0.6 is 0 Å². The van der Waals surface area contributed by atoms with Gasteiger partial charge < -0.3 is 4.90 Å². The average Bonchev–Trinajstić information content (AvgIpc) is 2.41. The first-order valence-corrected chi connectivity index (χ1v) is 6.00. The van der Waals surface area contributed by atoms with E-state index in [-0.39, 0.29) is 0 Å². The zero-order valence-electron chi connectivity index (χ0n) is 10.5. The minimum absolute atomic E-state index is 0.475. The van der Waals surface area contributed by atoms with Crippen molar-refractivity contribution in [2.45, 2.75) is 13.0 Å². The molecule has 2 aromatic rings. The Morgan fingerprint density at radius 3 is 2.22 bits per heavy atom. The van der Waals surface area contributed by atoms with Crippen LogP contribution < -0.4 is 4.90 Å². The molecule has 0 saturated carbocycles. The maximum atomic E-state index is 8.63. The van der Waals surface area contributed by atoms with Crippen LogP contribution in [0.2, 0.25) is 0 Å². The van der Waals surface area contributed by atoms with E-state index >= 15 is 0 Å². The number of nitrogens with zero attached hydrogens (tertiary/aromatic N) is 2. The first-order chi connectivity index (χ1) is 8.79. The largest absolute Gasteiger partial charge is 0.370 e. The van der Waals surface area contributed by atoms with Gasteiger partial charge in [-0.05, 0) is 23.3 Å². The number of nitriles is 1. The van der Waals surface area contributed by atoms with Crippen LogP contribution in [-0.2, 0) is 13.0 Å². The topological polar surface area (TPSA) is 27.0 Å². The molecule has 2 aromatic carbocycles. The number of anilines is 1. The third-order valence-corrected chi connectivity index (χ3v) is 2.92. The quantitative estimate of drug-likeness (QED) is 0.813. The second kappa shape index (κ2) is 5.88. The van der Waals surface area contributed by atoms with Gasteiger partial charge in [-0.3, -0.25) is 0 Å². The van der Waals surface area contributed by atoms with Gasteiger partial charge in [0, 0.05) is 19.3 Å². The van der Waals surface area contributed by atoms with Gasteiger partial charge in [0.15, 0.2) is 0 Å². The predicted molar refractivity (Wildman–Crippen MR) is 74.3 cm³/mol. The highest BCUT2D eigenvalue weighted by Crippen LogP contribution is 2.16. The van der Waals surface area contributed by atoms with Gasteiger partial charge in [0.25, 0.3) is 0 Å². The summed E-state index contributed by atoms with van der Waals surface area (Å²) in [6.45, 7) is 0.887. The molecule has 0 spiro atoms. The molecule has 0 N–H and O–H groups in total. The third kappa shape index (κ3) is 3.11. The summed E-state index contributed by atoms with van der Waals surface area (Å²) >= 11 is 0. The van der Waals surface area contributed by atoms with Gasteiger partial charge in [-0.15, -0.1) is 0 Å². The number of hydrogen-bond acceptors (Lipinski definition) is 2. The fourth-order valence-electron chi connectivity index (χ4n) is 1.91. The molecule has 0 aromatic heterocycles. The molecule has 18 heavy (non-hydrogen) atoms. The Morgan fingerprint density at radius 2 is 1.61 bits per heavy atom. The van der Waals surface area contributed by atoms with Gasteiger partial charge >= 0.3 is 0 Å². The van der Waals surface area contributed by atoms with Crippen molar-refractivity contribution in [3.63, 3.8) is 0 Å². The smallest absolute Gasteiger partial charge is 0.0669 e. The fourth-order valence-corrected chi connectivity index (χ4v) is 1.91. The molecule has 0 saturated heterocycles. The summed E-state index contributed by atoms with van der Waals surface area (Å²) in [5.41, 5.74) is 3.52. The number of rotatable bonds is 4. The Labute approximate surface area is 108 Å². The Balaban J connectivity index is 2.05. The molecule has 0 amide bonds. The normalized spacial score (nSPS) is 9.78. The van der Waals surface area contributed by atoms with Gasteiger partial charge in [0.1, 0.15) is 0 Å². The van der Waals surface area contributed by atoms with Crippen LogP contribution in [0.3, 0.4) is 0 Å². The van der Waals surface area contributed by atoms with Crippen molar-refractivity contribution in [1.29, 1.82) is 5.26 Å². The Hall–Kier alpha value is -2.27. The van der Waals surface area contributed by atoms with Crippen molar-refractivity contribution in [2.24, 2.45) is 0 Å². The molecule has 0 aliphatic rings. The van der Waals surface area contributed by atoms with Crippen LogP contribution in [0.25, 0.3) is 0 Å². The van der Waals surface area contributed by atoms with Crippen LogP contribution in [-0.4, -0.2) is 7.05 Å². The summed E-state index contributed by atoms with van der Waals surface area (Å²) in [7, 11) is 2.08. The molecule has 2 heteroatoms. The van der Waals surface area contributed by atoms with E-state index in [1.165, 1.54) is 11.3 Å². The van der Waals surface area contributed by atoms with E-state index in [4.69, 9.17) is 5.26 Å². The lowest BCUT2D eigenvalue weighted by atomic mass is 10.1. The van der Waals surface area contributed by atoms with E-state index in [1.54, 1.807) is 0 Å². The monoisotopic (exact) mass is 236 g/mol. The lowest BCUT2D eigenvalue weighted by Crippen LogP contribution is -2.16. The molecule has 0 bridgehead atoms. The van der Waals surface area contributed by atoms with Crippen molar-refractivity contribution in [2.75, 3.05) is 11.9 Å². The first kappa shape index (κ1) is 12.2. The standard InChI is InChI=1S/C16H16N2/c1-18(13-15-5-3-2-4-6-15)16-9-7-14(8-10-16)11-12-17/h2-10H,11,13H2,1H3. The summed E-state index contributed by atoms with van der Waals surface area (Å²) in [6.07, 6.45) is 0.475. The molecule has 0 radical (unpaired) electrons. The van der Waals surface area contributed by atoms with Gasteiger partial charge in [-0.1, -0.05) is 42.5 Å². The molecule has 2 rings (SSSR count). The fraction of sp³-hybridized carbons (Fsp3) is 0.188. The van der Waals surface area contributed by atoms with E-state index in [0.29, 0.717) is 6.42 Å². The number of benzene rings is 2. The van der Waals surface area contributed by atoms with Crippen molar-refractivity contribution in [3.05, 3.63) is 65.7 Å². The Bertz CT molecular complexity index is 523. The molecule has 0 unspecified atom stereocenters. The second-order valence-electron chi connectivity index (χ2n) is 4.34. The van der Waals surface area contributed by atoms with Gasteiger partial charge in [-0.2, -0.15) is 5.26 Å². The summed E-state index contributed by atoms with van der Waals surface area (Å²) in [5, 5.41) is 8.63. The summed E-state index contributed by atoms with van der Waals surface area (Å²) < 4.78 is 0. The van der Waals surface area contributed by atoms with Crippen molar-refractivity contribution in [1.82, 2.24) is 0 Å². The zero-order valence-corrected chi connectivity index (χ0v) is 10.5. The third-order valence-electron chi connectivity index (χ3n) is 2.92. The Morgan fingerprint density at radius 1 is 0.944 bits per heavy atom. The van der Waals surface area contributed by atoms with Crippen LogP contribution in [0.1, 0.15) is 11.1 Å². The molecule has 0 atom stereocenters. The van der Waals surface area contributed by atoms with Crippen molar-refractivity contribution < 1.29 is 0 Å². The van der Waals surface area contributed by atoms with E-state index < -0.39 is 0 Å². The van der Waals surface area contributed by atoms with Gasteiger partial charge in [0.2, 0.25) is 0 Å². The Kier molecular flexibility index (Phi) is 3.98. The highest BCUT2D eigenvalue weighted by atomic mass is 15.1. The van der Waals surface area contributed by atoms with Crippen LogP contribution in [0.15, 0.2) is 54.6 Å². The minimum Gasteiger partial charge on any atom is -0.370 e.